The maximum atomic E-state index is 5.20. The van der Waals surface area contributed by atoms with E-state index in [2.05, 4.69) is 39.6 Å². The Hall–Kier alpha value is -3.80. The van der Waals surface area contributed by atoms with Gasteiger partial charge in [-0.05, 0) is 48.0 Å². The van der Waals surface area contributed by atoms with Crippen LogP contribution in [0, 0.1) is 0 Å². The molecule has 0 saturated carbocycles. The predicted octanol–water partition coefficient (Wildman–Crippen LogP) is 4.50. The third-order valence-electron chi connectivity index (χ3n) is 4.84. The molecule has 0 radical (unpaired) electrons. The monoisotopic (exact) mass is 369 g/mol. The highest BCUT2D eigenvalue weighted by atomic mass is 16.5. The molecule has 0 aliphatic heterocycles. The number of nitrogens with zero attached hydrogens (tertiary/aromatic N) is 3. The molecular weight excluding hydrogens is 350 g/mol. The van der Waals surface area contributed by atoms with E-state index < -0.39 is 0 Å². The summed E-state index contributed by atoms with van der Waals surface area (Å²) in [7, 11) is 1.67. The van der Waals surface area contributed by atoms with E-state index in [0.29, 0.717) is 6.54 Å². The molecule has 0 bridgehead atoms. The van der Waals surface area contributed by atoms with Gasteiger partial charge in [0, 0.05) is 29.2 Å². The van der Waals surface area contributed by atoms with Crippen LogP contribution >= 0.6 is 0 Å². The summed E-state index contributed by atoms with van der Waals surface area (Å²) in [5.41, 5.74) is 5.14. The zero-order valence-corrected chi connectivity index (χ0v) is 15.4. The topological polar surface area (TPSA) is 67.2 Å². The Morgan fingerprint density at radius 3 is 2.79 bits per heavy atom. The number of aromatic nitrogens is 4. The van der Waals surface area contributed by atoms with Crippen LogP contribution in [-0.4, -0.2) is 26.7 Å². The van der Waals surface area contributed by atoms with E-state index in [1.54, 1.807) is 7.11 Å². The lowest BCUT2D eigenvalue weighted by Crippen LogP contribution is -2.04. The number of benzene rings is 2. The highest BCUT2D eigenvalue weighted by Gasteiger charge is 2.09. The van der Waals surface area contributed by atoms with Crippen molar-refractivity contribution in [2.24, 2.45) is 0 Å². The van der Waals surface area contributed by atoms with Crippen molar-refractivity contribution >= 4 is 22.4 Å². The summed E-state index contributed by atoms with van der Waals surface area (Å²) in [5.74, 6) is 1.65. The van der Waals surface area contributed by atoms with Crippen LogP contribution in [0.25, 0.3) is 27.8 Å². The number of methoxy groups -OCH3 is 1. The molecule has 5 aromatic rings. The molecule has 6 nitrogen and oxygen atoms in total. The molecule has 0 atom stereocenters. The van der Waals surface area contributed by atoms with Crippen LogP contribution in [0.15, 0.2) is 73.1 Å². The third-order valence-corrected chi connectivity index (χ3v) is 4.84. The summed E-state index contributed by atoms with van der Waals surface area (Å²) >= 11 is 0. The van der Waals surface area contributed by atoms with Crippen molar-refractivity contribution in [3.63, 3.8) is 0 Å². The van der Waals surface area contributed by atoms with E-state index in [0.717, 1.165) is 39.6 Å². The molecule has 0 aliphatic rings. The van der Waals surface area contributed by atoms with Crippen molar-refractivity contribution < 1.29 is 4.74 Å². The molecule has 5 rings (SSSR count). The molecule has 2 N–H and O–H groups in total. The first-order valence-corrected chi connectivity index (χ1v) is 9.09. The standard InChI is InChI=1S/C22H19N5O/c1-28-18-5-2-15(3-6-18)13-24-21-8-9-22-25-14-20(27(22)26-21)17-4-7-19-16(12-17)10-11-23-19/h2-12,14,23H,13H2,1H3,(H,24,26). The number of imidazole rings is 1. The summed E-state index contributed by atoms with van der Waals surface area (Å²) in [5, 5.41) is 9.29. The fourth-order valence-corrected chi connectivity index (χ4v) is 3.31. The van der Waals surface area contributed by atoms with Gasteiger partial charge < -0.3 is 15.0 Å². The van der Waals surface area contributed by atoms with Crippen LogP contribution in [0.1, 0.15) is 5.56 Å². The molecule has 28 heavy (non-hydrogen) atoms. The Bertz CT molecular complexity index is 1250. The van der Waals surface area contributed by atoms with Crippen molar-refractivity contribution in [2.45, 2.75) is 6.54 Å². The predicted molar refractivity (Wildman–Crippen MR) is 111 cm³/mol. The van der Waals surface area contributed by atoms with E-state index >= 15 is 0 Å². The van der Waals surface area contributed by atoms with Crippen molar-refractivity contribution in [3.05, 3.63) is 78.6 Å². The normalized spacial score (nSPS) is 11.2. The molecular formula is C22H19N5O. The number of fused-ring (bicyclic) bond motifs is 2. The SMILES string of the molecule is COc1ccc(CNc2ccc3ncc(-c4ccc5[nH]ccc5c4)n3n2)cc1. The average molecular weight is 369 g/mol. The molecule has 2 aromatic carbocycles. The number of H-pyrrole nitrogens is 1. The number of aromatic amines is 1. The number of anilines is 1. The Morgan fingerprint density at radius 2 is 1.93 bits per heavy atom. The van der Waals surface area contributed by atoms with Gasteiger partial charge in [0.15, 0.2) is 5.65 Å². The maximum Gasteiger partial charge on any atom is 0.154 e. The van der Waals surface area contributed by atoms with Gasteiger partial charge in [0.05, 0.1) is 19.0 Å². The fourth-order valence-electron chi connectivity index (χ4n) is 3.31. The summed E-state index contributed by atoms with van der Waals surface area (Å²) in [6.07, 6.45) is 3.81. The van der Waals surface area contributed by atoms with Crippen LogP contribution in [0.2, 0.25) is 0 Å². The Labute approximate surface area is 161 Å². The quantitative estimate of drug-likeness (QED) is 0.479. The van der Waals surface area contributed by atoms with Gasteiger partial charge in [0.2, 0.25) is 0 Å². The largest absolute Gasteiger partial charge is 0.497 e. The van der Waals surface area contributed by atoms with E-state index in [1.807, 2.05) is 53.3 Å². The van der Waals surface area contributed by atoms with Gasteiger partial charge in [-0.2, -0.15) is 0 Å². The van der Waals surface area contributed by atoms with E-state index in [9.17, 15) is 0 Å². The minimum Gasteiger partial charge on any atom is -0.497 e. The molecule has 0 saturated heterocycles. The molecule has 0 fully saturated rings. The minimum absolute atomic E-state index is 0.682. The van der Waals surface area contributed by atoms with Crippen molar-refractivity contribution in [1.82, 2.24) is 19.6 Å². The lowest BCUT2D eigenvalue weighted by atomic mass is 10.1. The van der Waals surface area contributed by atoms with Gasteiger partial charge in [-0.1, -0.05) is 18.2 Å². The zero-order valence-electron chi connectivity index (χ0n) is 15.4. The van der Waals surface area contributed by atoms with Crippen molar-refractivity contribution in [2.75, 3.05) is 12.4 Å². The van der Waals surface area contributed by atoms with Gasteiger partial charge in [-0.25, -0.2) is 9.50 Å². The Morgan fingerprint density at radius 1 is 1.04 bits per heavy atom. The molecule has 3 heterocycles. The van der Waals surface area contributed by atoms with Crippen LogP contribution in [0.3, 0.4) is 0 Å². The highest BCUT2D eigenvalue weighted by Crippen LogP contribution is 2.25. The van der Waals surface area contributed by atoms with Crippen molar-refractivity contribution in [3.8, 4) is 17.0 Å². The first kappa shape index (κ1) is 16.4. The lowest BCUT2D eigenvalue weighted by Gasteiger charge is -2.08. The fraction of sp³-hybridized carbons (Fsp3) is 0.0909. The molecule has 0 spiro atoms. The van der Waals surface area contributed by atoms with E-state index in [1.165, 1.54) is 5.39 Å². The smallest absolute Gasteiger partial charge is 0.154 e. The molecule has 0 unspecified atom stereocenters. The molecule has 6 heteroatoms. The number of hydrogen-bond donors (Lipinski definition) is 2. The van der Waals surface area contributed by atoms with Crippen LogP contribution in [-0.2, 0) is 6.54 Å². The zero-order chi connectivity index (χ0) is 18.9. The van der Waals surface area contributed by atoms with Gasteiger partial charge in [-0.15, -0.1) is 5.10 Å². The second-order valence-electron chi connectivity index (χ2n) is 6.61. The van der Waals surface area contributed by atoms with E-state index in [-0.39, 0.29) is 0 Å². The molecule has 3 aromatic heterocycles. The lowest BCUT2D eigenvalue weighted by molar-refractivity contribution is 0.414. The summed E-state index contributed by atoms with van der Waals surface area (Å²) in [6.45, 7) is 0.682. The van der Waals surface area contributed by atoms with Gasteiger partial charge in [-0.3, -0.25) is 0 Å². The minimum atomic E-state index is 0.682. The van der Waals surface area contributed by atoms with Crippen molar-refractivity contribution in [1.29, 1.82) is 0 Å². The van der Waals surface area contributed by atoms with Crippen LogP contribution < -0.4 is 10.1 Å². The van der Waals surface area contributed by atoms with Crippen LogP contribution in [0.4, 0.5) is 5.82 Å². The molecule has 138 valence electrons. The first-order valence-electron chi connectivity index (χ1n) is 9.09. The maximum absolute atomic E-state index is 5.20. The van der Waals surface area contributed by atoms with Crippen LogP contribution in [0.5, 0.6) is 5.75 Å². The third kappa shape index (κ3) is 2.95. The number of ether oxygens (including phenoxy) is 1. The molecule has 0 aliphatic carbocycles. The Balaban J connectivity index is 1.44. The molecule has 0 amide bonds. The first-order chi connectivity index (χ1) is 13.8. The summed E-state index contributed by atoms with van der Waals surface area (Å²) in [4.78, 5) is 7.71. The Kier molecular flexibility index (Phi) is 3.94. The van der Waals surface area contributed by atoms with Gasteiger partial charge in [0.1, 0.15) is 11.6 Å². The van der Waals surface area contributed by atoms with Gasteiger partial charge in [0.25, 0.3) is 0 Å². The second kappa shape index (κ2) is 6.74. The average Bonchev–Trinajstić information content (AvgIpc) is 3.38. The highest BCUT2D eigenvalue weighted by molar-refractivity contribution is 5.84. The van der Waals surface area contributed by atoms with E-state index in [4.69, 9.17) is 9.84 Å². The number of hydrogen-bond acceptors (Lipinski definition) is 4. The summed E-state index contributed by atoms with van der Waals surface area (Å²) in [6, 6.07) is 20.3. The van der Waals surface area contributed by atoms with Gasteiger partial charge >= 0.3 is 0 Å². The second-order valence-corrected chi connectivity index (χ2v) is 6.61. The summed E-state index contributed by atoms with van der Waals surface area (Å²) < 4.78 is 7.08. The number of rotatable bonds is 5. The number of nitrogens with one attached hydrogen (secondary N) is 2.